The van der Waals surface area contributed by atoms with Crippen molar-refractivity contribution < 1.29 is 18.7 Å². The Morgan fingerprint density at radius 1 is 0.909 bits per heavy atom. The maximum atomic E-state index is 13.5. The summed E-state index contributed by atoms with van der Waals surface area (Å²) in [5.41, 5.74) is 0. The molecule has 1 fully saturated rings. The summed E-state index contributed by atoms with van der Waals surface area (Å²) in [6.07, 6.45) is -1.14. The van der Waals surface area contributed by atoms with Gasteiger partial charge in [-0.15, -0.1) is 0 Å². The van der Waals surface area contributed by atoms with Crippen molar-refractivity contribution in [3.8, 4) is 0 Å². The van der Waals surface area contributed by atoms with Crippen LogP contribution in [0.25, 0.3) is 0 Å². The highest BCUT2D eigenvalue weighted by atomic mass is 31.2. The lowest BCUT2D eigenvalue weighted by molar-refractivity contribution is -0.126. The molecule has 1 heterocycles. The first kappa shape index (κ1) is 14.7. The summed E-state index contributed by atoms with van der Waals surface area (Å²) in [5.74, 6) is -0.959. The Balaban J connectivity index is 2.03. The highest BCUT2D eigenvalue weighted by Gasteiger charge is 2.39. The summed E-state index contributed by atoms with van der Waals surface area (Å²) in [6.45, 7) is 0. The molecule has 1 atom stereocenters. The molecule has 0 radical (unpaired) electrons. The Morgan fingerprint density at radius 2 is 1.41 bits per heavy atom. The van der Waals surface area contributed by atoms with E-state index in [1.165, 1.54) is 0 Å². The number of hydrogen-bond donors (Lipinski definition) is 1. The molecule has 0 aliphatic carbocycles. The van der Waals surface area contributed by atoms with Crippen molar-refractivity contribution in [2.75, 3.05) is 0 Å². The van der Waals surface area contributed by atoms with Gasteiger partial charge in [-0.1, -0.05) is 36.4 Å². The average Bonchev–Trinajstić information content (AvgIpc) is 2.86. The van der Waals surface area contributed by atoms with E-state index in [1.807, 2.05) is 12.1 Å². The molecule has 5 nitrogen and oxygen atoms in total. The fourth-order valence-corrected chi connectivity index (χ4v) is 4.51. The van der Waals surface area contributed by atoms with Crippen LogP contribution in [0.2, 0.25) is 0 Å². The first-order valence-corrected chi connectivity index (χ1v) is 8.45. The predicted octanol–water partition coefficient (Wildman–Crippen LogP) is 1.35. The van der Waals surface area contributed by atoms with Crippen LogP contribution >= 0.6 is 7.37 Å². The molecule has 0 bridgehead atoms. The Bertz CT molecular complexity index is 702. The number of imide groups is 1. The topological polar surface area (TPSA) is 72.5 Å². The van der Waals surface area contributed by atoms with Crippen LogP contribution in [0.3, 0.4) is 0 Å². The minimum atomic E-state index is -3.45. The lowest BCUT2D eigenvalue weighted by atomic mass is 10.3. The van der Waals surface area contributed by atoms with E-state index in [0.29, 0.717) is 10.6 Å². The van der Waals surface area contributed by atoms with E-state index in [-0.39, 0.29) is 6.42 Å². The number of benzene rings is 2. The molecule has 3 rings (SSSR count). The Labute approximate surface area is 127 Å². The van der Waals surface area contributed by atoms with E-state index >= 15 is 0 Å². The van der Waals surface area contributed by atoms with Gasteiger partial charge in [0.15, 0.2) is 6.10 Å². The molecule has 1 aliphatic heterocycles. The van der Waals surface area contributed by atoms with E-state index in [1.54, 1.807) is 48.5 Å². The molecular weight excluding hydrogens is 301 g/mol. The normalized spacial score (nSPS) is 18.3. The third kappa shape index (κ3) is 2.73. The third-order valence-electron chi connectivity index (χ3n) is 3.39. The standard InChI is InChI=1S/C16H14NO4P/c18-15-11-14(16(19)17-15)21-22(20,12-7-3-1-4-8-12)13-9-5-2-6-10-13/h1-10,14H,11H2,(H,17,18,19). The molecule has 2 amide bonds. The lowest BCUT2D eigenvalue weighted by Gasteiger charge is -2.21. The highest BCUT2D eigenvalue weighted by molar-refractivity contribution is 7.74. The molecule has 112 valence electrons. The lowest BCUT2D eigenvalue weighted by Crippen LogP contribution is -2.29. The van der Waals surface area contributed by atoms with Crippen molar-refractivity contribution in [2.24, 2.45) is 0 Å². The van der Waals surface area contributed by atoms with Crippen molar-refractivity contribution >= 4 is 29.8 Å². The molecule has 0 saturated carbocycles. The van der Waals surface area contributed by atoms with Gasteiger partial charge in [-0.25, -0.2) is 0 Å². The number of hydrogen-bond acceptors (Lipinski definition) is 4. The van der Waals surface area contributed by atoms with Crippen molar-refractivity contribution in [1.29, 1.82) is 0 Å². The molecule has 1 unspecified atom stereocenters. The molecule has 6 heteroatoms. The van der Waals surface area contributed by atoms with Crippen molar-refractivity contribution in [2.45, 2.75) is 12.5 Å². The molecule has 0 spiro atoms. The summed E-state index contributed by atoms with van der Waals surface area (Å²) in [4.78, 5) is 23.1. The van der Waals surface area contributed by atoms with Gasteiger partial charge in [0.25, 0.3) is 13.3 Å². The van der Waals surface area contributed by atoms with Crippen LogP contribution in [0, 0.1) is 0 Å². The zero-order chi connectivity index (χ0) is 15.6. The van der Waals surface area contributed by atoms with Gasteiger partial charge in [0.1, 0.15) is 0 Å². The van der Waals surface area contributed by atoms with E-state index in [9.17, 15) is 14.2 Å². The summed E-state index contributed by atoms with van der Waals surface area (Å²) >= 11 is 0. The van der Waals surface area contributed by atoms with Crippen LogP contribution in [0.5, 0.6) is 0 Å². The fourth-order valence-electron chi connectivity index (χ4n) is 2.31. The maximum absolute atomic E-state index is 13.5. The first-order chi connectivity index (χ1) is 10.6. The second-order valence-electron chi connectivity index (χ2n) is 4.93. The first-order valence-electron chi connectivity index (χ1n) is 6.83. The number of amides is 2. The van der Waals surface area contributed by atoms with E-state index in [4.69, 9.17) is 4.52 Å². The number of nitrogens with one attached hydrogen (secondary N) is 1. The van der Waals surface area contributed by atoms with Crippen molar-refractivity contribution in [3.05, 3.63) is 60.7 Å². The summed E-state index contributed by atoms with van der Waals surface area (Å²) in [5, 5.41) is 3.16. The Kier molecular flexibility index (Phi) is 3.92. The highest BCUT2D eigenvalue weighted by Crippen LogP contribution is 2.46. The molecule has 1 N–H and O–H groups in total. The largest absolute Gasteiger partial charge is 0.308 e. The quantitative estimate of drug-likeness (QED) is 0.683. The van der Waals surface area contributed by atoms with E-state index in [2.05, 4.69) is 5.32 Å². The smallest absolute Gasteiger partial charge is 0.262 e. The van der Waals surface area contributed by atoms with Gasteiger partial charge < -0.3 is 4.52 Å². The number of carbonyl (C=O) groups excluding carboxylic acids is 2. The van der Waals surface area contributed by atoms with Gasteiger partial charge in [0.05, 0.1) is 6.42 Å². The molecule has 0 aromatic heterocycles. The monoisotopic (exact) mass is 315 g/mol. The minimum Gasteiger partial charge on any atom is -0.308 e. The van der Waals surface area contributed by atoms with Crippen LogP contribution in [0.15, 0.2) is 60.7 Å². The van der Waals surface area contributed by atoms with Gasteiger partial charge in [0, 0.05) is 10.6 Å². The zero-order valence-electron chi connectivity index (χ0n) is 11.6. The molecular formula is C16H14NO4P. The van der Waals surface area contributed by atoms with Crippen LogP contribution in [0.4, 0.5) is 0 Å². The average molecular weight is 315 g/mol. The maximum Gasteiger partial charge on any atom is 0.262 e. The van der Waals surface area contributed by atoms with E-state index < -0.39 is 25.3 Å². The third-order valence-corrected chi connectivity index (χ3v) is 5.90. The van der Waals surface area contributed by atoms with Crippen molar-refractivity contribution in [1.82, 2.24) is 5.32 Å². The fraction of sp³-hybridized carbons (Fsp3) is 0.125. The zero-order valence-corrected chi connectivity index (χ0v) is 12.5. The van der Waals surface area contributed by atoms with Crippen LogP contribution < -0.4 is 15.9 Å². The molecule has 2 aromatic rings. The molecule has 22 heavy (non-hydrogen) atoms. The van der Waals surface area contributed by atoms with Gasteiger partial charge in [-0.3, -0.25) is 19.5 Å². The van der Waals surface area contributed by atoms with E-state index in [0.717, 1.165) is 0 Å². The summed E-state index contributed by atoms with van der Waals surface area (Å²) in [6, 6.07) is 17.4. The van der Waals surface area contributed by atoms with Crippen molar-refractivity contribution in [3.63, 3.8) is 0 Å². The van der Waals surface area contributed by atoms with Crippen LogP contribution in [0.1, 0.15) is 6.42 Å². The number of carbonyl (C=O) groups is 2. The molecule has 2 aromatic carbocycles. The molecule has 1 aliphatic rings. The second-order valence-corrected chi connectivity index (χ2v) is 7.28. The van der Waals surface area contributed by atoms with Gasteiger partial charge in [-0.05, 0) is 24.3 Å². The van der Waals surface area contributed by atoms with Gasteiger partial charge in [0.2, 0.25) is 5.91 Å². The number of rotatable bonds is 4. The van der Waals surface area contributed by atoms with Gasteiger partial charge >= 0.3 is 0 Å². The summed E-state index contributed by atoms with van der Waals surface area (Å²) < 4.78 is 19.2. The van der Waals surface area contributed by atoms with Gasteiger partial charge in [-0.2, -0.15) is 0 Å². The Morgan fingerprint density at radius 3 is 1.82 bits per heavy atom. The SMILES string of the molecule is O=C1CC(OP(=O)(c2ccccc2)c2ccccc2)C(=O)N1. The van der Waals surface area contributed by atoms with Crippen LogP contribution in [-0.4, -0.2) is 17.9 Å². The predicted molar refractivity (Wildman–Crippen MR) is 82.4 cm³/mol. The second kappa shape index (κ2) is 5.87. The minimum absolute atomic E-state index is 0.109. The Hall–Kier alpha value is -2.23. The molecule has 1 saturated heterocycles. The van der Waals surface area contributed by atoms with Crippen LogP contribution in [-0.2, 0) is 18.7 Å². The summed E-state index contributed by atoms with van der Waals surface area (Å²) in [7, 11) is -3.45.